The summed E-state index contributed by atoms with van der Waals surface area (Å²) in [6.45, 7) is 16.4. The van der Waals surface area contributed by atoms with Crippen LogP contribution >= 0.6 is 0 Å². The number of nitrogens with zero attached hydrogens (tertiary/aromatic N) is 3. The van der Waals surface area contributed by atoms with E-state index in [9.17, 15) is 14.7 Å². The third-order valence-electron chi connectivity index (χ3n) is 11.8. The van der Waals surface area contributed by atoms with Crippen molar-refractivity contribution in [3.05, 3.63) is 39.7 Å². The normalized spacial score (nSPS) is 25.1. The number of unbranched alkanes of at least 4 members (excludes halogenated alkanes) is 2. The highest BCUT2D eigenvalue weighted by Gasteiger charge is 2.64. The zero-order valence-electron chi connectivity index (χ0n) is 32.0. The molecule has 11 heteroatoms. The van der Waals surface area contributed by atoms with Gasteiger partial charge in [-0.25, -0.2) is 0 Å². The monoisotopic (exact) mass is 705 g/mol. The zero-order chi connectivity index (χ0) is 36.8. The Balaban J connectivity index is 1.50. The van der Waals surface area contributed by atoms with Gasteiger partial charge in [-0.3, -0.25) is 14.5 Å². The first kappa shape index (κ1) is 37.4. The van der Waals surface area contributed by atoms with Crippen molar-refractivity contribution in [2.75, 3.05) is 45.3 Å². The Labute approximate surface area is 303 Å². The molecule has 0 bridgehead atoms. The second-order valence-electron chi connectivity index (χ2n) is 16.5. The third-order valence-corrected chi connectivity index (χ3v) is 11.8. The summed E-state index contributed by atoms with van der Waals surface area (Å²) in [6, 6.07) is 1.82. The predicted octanol–water partition coefficient (Wildman–Crippen LogP) is 6.38. The minimum absolute atomic E-state index is 0.0712. The van der Waals surface area contributed by atoms with Crippen LogP contribution in [0.5, 0.6) is 11.6 Å². The number of benzene rings is 1. The molecule has 2 aromatic rings. The fourth-order valence-corrected chi connectivity index (χ4v) is 8.49. The van der Waals surface area contributed by atoms with Crippen molar-refractivity contribution >= 4 is 23.0 Å². The second kappa shape index (κ2) is 14.5. The van der Waals surface area contributed by atoms with Gasteiger partial charge in [0, 0.05) is 42.9 Å². The molecular weight excluding hydrogens is 646 g/mol. The number of aliphatic hydroxyl groups excluding tert-OH is 1. The smallest absolute Gasteiger partial charge is 0.265 e. The molecule has 0 unspecified atom stereocenters. The summed E-state index contributed by atoms with van der Waals surface area (Å²) in [5.74, 6) is -1.15. The van der Waals surface area contributed by atoms with Gasteiger partial charge in [0.25, 0.3) is 5.88 Å². The number of hydrogen-bond acceptors (Lipinski definition) is 11. The lowest BCUT2D eigenvalue weighted by Gasteiger charge is -2.50. The minimum atomic E-state index is -1.93. The molecule has 4 aliphatic rings. The lowest BCUT2D eigenvalue weighted by atomic mass is 9.55. The zero-order valence-corrected chi connectivity index (χ0v) is 32.0. The molecular formula is C40H59N5O6. The molecule has 51 heavy (non-hydrogen) atoms. The van der Waals surface area contributed by atoms with Gasteiger partial charge < -0.3 is 35.1 Å². The highest BCUT2D eigenvalue weighted by Crippen LogP contribution is 2.56. The summed E-state index contributed by atoms with van der Waals surface area (Å²) in [5.41, 5.74) is 9.43. The standard InChI is InChI=1S/C40H59N5O6/c1-9-11-17-49-28-21-25(22-42-23(3)39(4,5)6)32(45-15-13-14-16-45)26-19-24-20-27-33(44(7)8)35-31(38(43-51-35)50-18-12-10-2)37(48)40(27,41)36(47)29(24)34(46)30(26)28/h21,23-24,27,33,42,46H,9-20,22,41H2,1-8H3/t23-,24+,27+,33+,40+/m1/s1. The predicted molar refractivity (Wildman–Crippen MR) is 198 cm³/mol. The summed E-state index contributed by atoms with van der Waals surface area (Å²) < 4.78 is 18.2. The van der Waals surface area contributed by atoms with Crippen LogP contribution in [-0.2, 0) is 17.8 Å². The Hall–Kier alpha value is -3.41. The molecule has 5 atom stereocenters. The molecule has 2 fully saturated rings. The highest BCUT2D eigenvalue weighted by molar-refractivity contribution is 6.27. The van der Waals surface area contributed by atoms with Crippen LogP contribution in [0.2, 0.25) is 0 Å². The fourth-order valence-electron chi connectivity index (χ4n) is 8.49. The van der Waals surface area contributed by atoms with Crippen molar-refractivity contribution in [2.24, 2.45) is 23.0 Å². The third kappa shape index (κ3) is 6.48. The number of anilines is 1. The van der Waals surface area contributed by atoms with Crippen LogP contribution in [-0.4, -0.2) is 78.7 Å². The Morgan fingerprint density at radius 2 is 1.76 bits per heavy atom. The van der Waals surface area contributed by atoms with Crippen molar-refractivity contribution in [1.82, 2.24) is 15.4 Å². The number of rotatable bonds is 13. The molecule has 0 amide bonds. The number of ether oxygens (including phenoxy) is 2. The highest BCUT2D eigenvalue weighted by atomic mass is 16.5. The van der Waals surface area contributed by atoms with Gasteiger partial charge in [0.1, 0.15) is 22.6 Å². The number of hydrogen-bond donors (Lipinski definition) is 3. The first-order valence-corrected chi connectivity index (χ1v) is 19.2. The van der Waals surface area contributed by atoms with Gasteiger partial charge in [-0.2, -0.15) is 0 Å². The van der Waals surface area contributed by atoms with Crippen LogP contribution in [0.15, 0.2) is 16.2 Å². The van der Waals surface area contributed by atoms with E-state index in [1.54, 1.807) is 0 Å². The van der Waals surface area contributed by atoms with Crippen molar-refractivity contribution in [3.63, 3.8) is 0 Å². The molecule has 3 aliphatic carbocycles. The summed E-state index contributed by atoms with van der Waals surface area (Å²) in [5, 5.41) is 20.3. The number of carbonyl (C=O) groups is 2. The van der Waals surface area contributed by atoms with Crippen LogP contribution in [0.1, 0.15) is 125 Å². The molecule has 1 aromatic carbocycles. The van der Waals surface area contributed by atoms with E-state index in [-0.39, 0.29) is 40.2 Å². The molecule has 11 nitrogen and oxygen atoms in total. The van der Waals surface area contributed by atoms with E-state index < -0.39 is 29.1 Å². The Bertz CT molecular complexity index is 1670. The van der Waals surface area contributed by atoms with E-state index in [4.69, 9.17) is 19.7 Å². The first-order valence-electron chi connectivity index (χ1n) is 19.2. The van der Waals surface area contributed by atoms with E-state index in [1.807, 2.05) is 25.9 Å². The quantitative estimate of drug-likeness (QED) is 0.158. The molecule has 1 saturated carbocycles. The number of ketones is 2. The van der Waals surface area contributed by atoms with Gasteiger partial charge in [-0.1, -0.05) is 47.5 Å². The van der Waals surface area contributed by atoms with Crippen molar-refractivity contribution in [3.8, 4) is 11.6 Å². The van der Waals surface area contributed by atoms with Crippen molar-refractivity contribution in [2.45, 2.75) is 117 Å². The maximum absolute atomic E-state index is 14.9. The Morgan fingerprint density at radius 3 is 2.39 bits per heavy atom. The van der Waals surface area contributed by atoms with Gasteiger partial charge in [-0.05, 0) is 93.2 Å². The molecule has 1 aromatic heterocycles. The van der Waals surface area contributed by atoms with E-state index >= 15 is 0 Å². The molecule has 0 radical (unpaired) electrons. The van der Waals surface area contributed by atoms with Gasteiger partial charge in [0.15, 0.2) is 17.3 Å². The molecule has 1 aliphatic heterocycles. The maximum Gasteiger partial charge on any atom is 0.265 e. The lowest BCUT2D eigenvalue weighted by molar-refractivity contribution is -0.125. The Morgan fingerprint density at radius 1 is 1.10 bits per heavy atom. The Kier molecular flexibility index (Phi) is 10.7. The summed E-state index contributed by atoms with van der Waals surface area (Å²) >= 11 is 0. The fraction of sp³-hybridized carbons (Fsp3) is 0.675. The van der Waals surface area contributed by atoms with Crippen molar-refractivity contribution in [1.29, 1.82) is 0 Å². The number of carbonyl (C=O) groups excluding carboxylic acids is 2. The number of nitrogens with one attached hydrogen (secondary N) is 1. The number of aromatic nitrogens is 1. The van der Waals surface area contributed by atoms with E-state index in [1.165, 1.54) is 0 Å². The summed E-state index contributed by atoms with van der Waals surface area (Å²) in [6.07, 6.45) is 6.62. The van der Waals surface area contributed by atoms with Gasteiger partial charge >= 0.3 is 0 Å². The van der Waals surface area contributed by atoms with E-state index in [0.717, 1.165) is 68.4 Å². The molecule has 280 valence electrons. The van der Waals surface area contributed by atoms with Crippen LogP contribution in [0, 0.1) is 17.3 Å². The molecule has 2 heterocycles. The first-order chi connectivity index (χ1) is 24.2. The van der Waals surface area contributed by atoms with E-state index in [0.29, 0.717) is 49.7 Å². The van der Waals surface area contributed by atoms with Gasteiger partial charge in [0.05, 0.1) is 24.8 Å². The van der Waals surface area contributed by atoms with Gasteiger partial charge in [-0.15, -0.1) is 0 Å². The molecule has 4 N–H and O–H groups in total. The number of aliphatic hydroxyl groups is 1. The molecule has 6 rings (SSSR count). The minimum Gasteiger partial charge on any atom is -0.507 e. The van der Waals surface area contributed by atoms with Crippen LogP contribution in [0.4, 0.5) is 5.69 Å². The number of nitrogens with two attached hydrogens (primary N) is 1. The van der Waals surface area contributed by atoms with Crippen LogP contribution in [0.25, 0.3) is 5.76 Å². The lowest BCUT2D eigenvalue weighted by Crippen LogP contribution is -2.68. The second-order valence-corrected chi connectivity index (χ2v) is 16.5. The molecule has 0 spiro atoms. The van der Waals surface area contributed by atoms with Crippen molar-refractivity contribution < 1.29 is 28.7 Å². The largest absolute Gasteiger partial charge is 0.507 e. The average Bonchev–Trinajstić information content (AvgIpc) is 3.75. The van der Waals surface area contributed by atoms with Gasteiger partial charge in [0.2, 0.25) is 0 Å². The number of fused-ring (bicyclic) bond motifs is 4. The SMILES string of the molecule is CCCCOc1cc(CN[C@H](C)C(C)(C)C)c(N2CCCC2)c2c1C(O)=C1C(=O)[C@]3(N)C(=O)c4c(OCCCC)noc4[C@@H](N(C)C)[C@@H]3C[C@@H]1C2. The number of Topliss-reactive ketones (excluding diaryl/α,β-unsaturated/α-hetero) is 2. The van der Waals surface area contributed by atoms with E-state index in [2.05, 4.69) is 56.1 Å². The van der Waals surface area contributed by atoms with Crippen LogP contribution in [0.3, 0.4) is 0 Å². The van der Waals surface area contributed by atoms with Crippen LogP contribution < -0.4 is 25.4 Å². The average molecular weight is 706 g/mol. The summed E-state index contributed by atoms with van der Waals surface area (Å²) in [4.78, 5) is 33.8. The summed E-state index contributed by atoms with van der Waals surface area (Å²) in [7, 11) is 3.80. The molecule has 1 saturated heterocycles. The maximum atomic E-state index is 14.9. The topological polar surface area (TPSA) is 143 Å².